The molecule has 16 heavy (non-hydrogen) atoms. The van der Waals surface area contributed by atoms with Crippen LogP contribution >= 0.6 is 0 Å². The van der Waals surface area contributed by atoms with Gasteiger partial charge in [0.05, 0.1) is 6.42 Å². The van der Waals surface area contributed by atoms with Gasteiger partial charge >= 0.3 is 5.97 Å². The molecule has 0 bridgehead atoms. The monoisotopic (exact) mass is 221 g/mol. The number of carboxylic acid groups (broad SMARTS) is 1. The topological polar surface area (TPSA) is 49.3 Å². The SMILES string of the molecule is CC(C)(CNCc1ccccc1)CC(=O)O. The lowest BCUT2D eigenvalue weighted by molar-refractivity contribution is -0.139. The van der Waals surface area contributed by atoms with Gasteiger partial charge in [0.15, 0.2) is 0 Å². The minimum atomic E-state index is -0.744. The van der Waals surface area contributed by atoms with E-state index in [0.717, 1.165) is 6.54 Å². The van der Waals surface area contributed by atoms with E-state index >= 15 is 0 Å². The average Bonchev–Trinajstić information content (AvgIpc) is 2.16. The van der Waals surface area contributed by atoms with Gasteiger partial charge in [-0.1, -0.05) is 44.2 Å². The zero-order valence-corrected chi connectivity index (χ0v) is 9.86. The van der Waals surface area contributed by atoms with Crippen LogP contribution in [0.15, 0.2) is 30.3 Å². The summed E-state index contributed by atoms with van der Waals surface area (Å²) in [5.74, 6) is -0.744. The molecule has 0 spiro atoms. The predicted octanol–water partition coefficient (Wildman–Crippen LogP) is 2.28. The van der Waals surface area contributed by atoms with Crippen LogP contribution in [0.2, 0.25) is 0 Å². The van der Waals surface area contributed by atoms with Crippen molar-refractivity contribution in [3.63, 3.8) is 0 Å². The third kappa shape index (κ3) is 4.94. The van der Waals surface area contributed by atoms with Crippen molar-refractivity contribution in [3.8, 4) is 0 Å². The maximum Gasteiger partial charge on any atom is 0.303 e. The molecule has 1 aromatic rings. The Bertz CT molecular complexity index is 333. The summed E-state index contributed by atoms with van der Waals surface area (Å²) in [5, 5.41) is 12.0. The Labute approximate surface area is 96.5 Å². The van der Waals surface area contributed by atoms with Gasteiger partial charge in [-0.2, -0.15) is 0 Å². The van der Waals surface area contributed by atoms with E-state index in [0.29, 0.717) is 6.54 Å². The van der Waals surface area contributed by atoms with Gasteiger partial charge in [0.1, 0.15) is 0 Å². The van der Waals surface area contributed by atoms with Crippen LogP contribution in [0.3, 0.4) is 0 Å². The lowest BCUT2D eigenvalue weighted by atomic mass is 9.89. The number of carboxylic acids is 1. The summed E-state index contributed by atoms with van der Waals surface area (Å²) in [6.45, 7) is 5.40. The molecule has 0 radical (unpaired) electrons. The number of aliphatic carboxylic acids is 1. The minimum Gasteiger partial charge on any atom is -0.481 e. The quantitative estimate of drug-likeness (QED) is 0.774. The first-order valence-electron chi connectivity index (χ1n) is 5.46. The van der Waals surface area contributed by atoms with Crippen LogP contribution in [-0.2, 0) is 11.3 Å². The standard InChI is InChI=1S/C13H19NO2/c1-13(2,8-12(15)16)10-14-9-11-6-4-3-5-7-11/h3-7,14H,8-10H2,1-2H3,(H,15,16). The van der Waals surface area contributed by atoms with Gasteiger partial charge in [0, 0.05) is 13.1 Å². The second kappa shape index (κ2) is 5.66. The first kappa shape index (κ1) is 12.7. The first-order valence-corrected chi connectivity index (χ1v) is 5.46. The summed E-state index contributed by atoms with van der Waals surface area (Å²) in [5.41, 5.74) is 1.01. The van der Waals surface area contributed by atoms with E-state index in [1.807, 2.05) is 32.0 Å². The third-order valence-electron chi connectivity index (χ3n) is 2.41. The Hall–Kier alpha value is -1.35. The van der Waals surface area contributed by atoms with Crippen LogP contribution in [0.5, 0.6) is 0 Å². The fourth-order valence-corrected chi connectivity index (χ4v) is 1.61. The van der Waals surface area contributed by atoms with Crippen LogP contribution < -0.4 is 5.32 Å². The number of benzene rings is 1. The summed E-state index contributed by atoms with van der Waals surface area (Å²) in [7, 11) is 0. The number of carbonyl (C=O) groups is 1. The normalized spacial score (nSPS) is 11.4. The zero-order chi connectivity index (χ0) is 12.0. The molecule has 0 atom stereocenters. The van der Waals surface area contributed by atoms with E-state index in [2.05, 4.69) is 17.4 Å². The minimum absolute atomic E-state index is 0.189. The van der Waals surface area contributed by atoms with Crippen molar-refractivity contribution in [1.82, 2.24) is 5.32 Å². The molecule has 0 aliphatic rings. The smallest absolute Gasteiger partial charge is 0.303 e. The van der Waals surface area contributed by atoms with Gasteiger partial charge in [0.2, 0.25) is 0 Å². The van der Waals surface area contributed by atoms with E-state index < -0.39 is 5.97 Å². The molecule has 88 valence electrons. The van der Waals surface area contributed by atoms with Crippen molar-refractivity contribution in [2.75, 3.05) is 6.54 Å². The summed E-state index contributed by atoms with van der Waals surface area (Å²) < 4.78 is 0. The summed E-state index contributed by atoms with van der Waals surface area (Å²) >= 11 is 0. The van der Waals surface area contributed by atoms with Crippen LogP contribution in [0.25, 0.3) is 0 Å². The molecule has 3 nitrogen and oxygen atoms in total. The summed E-state index contributed by atoms with van der Waals surface area (Å²) in [6, 6.07) is 10.1. The molecule has 1 aromatic carbocycles. The van der Waals surface area contributed by atoms with Crippen molar-refractivity contribution < 1.29 is 9.90 Å². The Morgan fingerprint density at radius 2 is 1.94 bits per heavy atom. The van der Waals surface area contributed by atoms with Gasteiger partial charge in [0.25, 0.3) is 0 Å². The summed E-state index contributed by atoms with van der Waals surface area (Å²) in [6.07, 6.45) is 0.189. The van der Waals surface area contributed by atoms with Gasteiger partial charge in [-0.15, -0.1) is 0 Å². The molecule has 0 saturated heterocycles. The van der Waals surface area contributed by atoms with Crippen LogP contribution in [-0.4, -0.2) is 17.6 Å². The Morgan fingerprint density at radius 3 is 2.50 bits per heavy atom. The highest BCUT2D eigenvalue weighted by Gasteiger charge is 2.20. The molecule has 0 saturated carbocycles. The lowest BCUT2D eigenvalue weighted by Crippen LogP contribution is -2.31. The van der Waals surface area contributed by atoms with Gasteiger partial charge in [-0.3, -0.25) is 4.79 Å². The molecule has 0 heterocycles. The third-order valence-corrected chi connectivity index (χ3v) is 2.41. The van der Waals surface area contributed by atoms with Crippen LogP contribution in [0.1, 0.15) is 25.8 Å². The van der Waals surface area contributed by atoms with E-state index in [1.165, 1.54) is 5.56 Å². The number of hydrogen-bond donors (Lipinski definition) is 2. The van der Waals surface area contributed by atoms with Crippen molar-refractivity contribution in [2.45, 2.75) is 26.8 Å². The highest BCUT2D eigenvalue weighted by atomic mass is 16.4. The number of rotatable bonds is 6. The zero-order valence-electron chi connectivity index (χ0n) is 9.86. The maximum absolute atomic E-state index is 10.6. The molecule has 3 heteroatoms. The Balaban J connectivity index is 2.32. The number of nitrogens with one attached hydrogen (secondary N) is 1. The Morgan fingerprint density at radius 1 is 1.31 bits per heavy atom. The second-order valence-electron chi connectivity index (χ2n) is 4.82. The van der Waals surface area contributed by atoms with Crippen molar-refractivity contribution in [3.05, 3.63) is 35.9 Å². The molecular formula is C13H19NO2. The van der Waals surface area contributed by atoms with Gasteiger partial charge < -0.3 is 10.4 Å². The van der Waals surface area contributed by atoms with Crippen molar-refractivity contribution in [2.24, 2.45) is 5.41 Å². The highest BCUT2D eigenvalue weighted by Crippen LogP contribution is 2.18. The molecule has 0 amide bonds. The second-order valence-corrected chi connectivity index (χ2v) is 4.82. The van der Waals surface area contributed by atoms with E-state index in [1.54, 1.807) is 0 Å². The van der Waals surface area contributed by atoms with Crippen LogP contribution in [0.4, 0.5) is 0 Å². The van der Waals surface area contributed by atoms with Crippen molar-refractivity contribution in [1.29, 1.82) is 0 Å². The molecule has 0 unspecified atom stereocenters. The first-order chi connectivity index (χ1) is 7.49. The largest absolute Gasteiger partial charge is 0.481 e. The maximum atomic E-state index is 10.6. The summed E-state index contributed by atoms with van der Waals surface area (Å²) in [4.78, 5) is 10.6. The van der Waals surface area contributed by atoms with Gasteiger partial charge in [-0.05, 0) is 11.0 Å². The molecule has 0 aromatic heterocycles. The van der Waals surface area contributed by atoms with Crippen molar-refractivity contribution >= 4 is 5.97 Å². The molecule has 1 rings (SSSR count). The molecule has 2 N–H and O–H groups in total. The fourth-order valence-electron chi connectivity index (χ4n) is 1.61. The van der Waals surface area contributed by atoms with E-state index in [9.17, 15) is 4.79 Å². The predicted molar refractivity (Wildman–Crippen MR) is 64.2 cm³/mol. The van der Waals surface area contributed by atoms with Gasteiger partial charge in [-0.25, -0.2) is 0 Å². The average molecular weight is 221 g/mol. The fraction of sp³-hybridized carbons (Fsp3) is 0.462. The molecule has 0 aliphatic heterocycles. The molecule has 0 aliphatic carbocycles. The Kier molecular flexibility index (Phi) is 4.50. The number of hydrogen-bond acceptors (Lipinski definition) is 2. The molecule has 0 fully saturated rings. The van der Waals surface area contributed by atoms with Crippen LogP contribution in [0, 0.1) is 5.41 Å². The molecular weight excluding hydrogens is 202 g/mol. The van der Waals surface area contributed by atoms with E-state index in [4.69, 9.17) is 5.11 Å². The highest BCUT2D eigenvalue weighted by molar-refractivity contribution is 5.67. The lowest BCUT2D eigenvalue weighted by Gasteiger charge is -2.22. The van der Waals surface area contributed by atoms with E-state index in [-0.39, 0.29) is 11.8 Å².